The molecular formula is C18H29N3O4S. The Bertz CT molecular complexity index is 721. The van der Waals surface area contributed by atoms with Crippen LogP contribution in [0.4, 0.5) is 0 Å². The number of aliphatic carboxylic acids is 1. The number of carboxylic acid groups (broad SMARTS) is 1. The topological polar surface area (TPSA) is 81.2 Å². The minimum absolute atomic E-state index is 0.0646. The van der Waals surface area contributed by atoms with Crippen LogP contribution in [0.15, 0.2) is 29.2 Å². The van der Waals surface area contributed by atoms with E-state index in [4.69, 9.17) is 5.11 Å². The third-order valence-electron chi connectivity index (χ3n) is 4.88. The summed E-state index contributed by atoms with van der Waals surface area (Å²) in [6.07, 6.45) is 2.90. The first-order chi connectivity index (χ1) is 12.2. The molecule has 1 aromatic carbocycles. The van der Waals surface area contributed by atoms with Crippen LogP contribution in [-0.4, -0.2) is 80.4 Å². The van der Waals surface area contributed by atoms with Crippen LogP contribution < -0.4 is 0 Å². The van der Waals surface area contributed by atoms with Crippen LogP contribution in [-0.2, 0) is 21.4 Å². The molecule has 1 aliphatic rings. The van der Waals surface area contributed by atoms with Gasteiger partial charge in [0.15, 0.2) is 0 Å². The molecule has 26 heavy (non-hydrogen) atoms. The van der Waals surface area contributed by atoms with Crippen molar-refractivity contribution in [2.24, 2.45) is 0 Å². The van der Waals surface area contributed by atoms with Crippen LogP contribution in [0.5, 0.6) is 0 Å². The summed E-state index contributed by atoms with van der Waals surface area (Å²) in [6, 6.07) is 7.38. The van der Waals surface area contributed by atoms with Gasteiger partial charge < -0.3 is 5.11 Å². The highest BCUT2D eigenvalue weighted by atomic mass is 32.2. The summed E-state index contributed by atoms with van der Waals surface area (Å²) in [6.45, 7) is 2.57. The van der Waals surface area contributed by atoms with Crippen LogP contribution in [0.2, 0.25) is 0 Å². The summed E-state index contributed by atoms with van der Waals surface area (Å²) in [5, 5.41) is 8.96. The molecule has 0 amide bonds. The number of hydrogen-bond donors (Lipinski definition) is 1. The summed E-state index contributed by atoms with van der Waals surface area (Å²) >= 11 is 0. The summed E-state index contributed by atoms with van der Waals surface area (Å²) in [5.74, 6) is -0.799. The Morgan fingerprint density at radius 3 is 2.62 bits per heavy atom. The van der Waals surface area contributed by atoms with Gasteiger partial charge in [-0.2, -0.15) is 0 Å². The Kier molecular flexibility index (Phi) is 7.16. The van der Waals surface area contributed by atoms with Crippen molar-refractivity contribution in [1.82, 2.24) is 14.1 Å². The summed E-state index contributed by atoms with van der Waals surface area (Å²) < 4.78 is 25.8. The molecule has 1 aromatic rings. The average Bonchev–Trinajstić information content (AvgIpc) is 2.80. The molecule has 7 nitrogen and oxygen atoms in total. The van der Waals surface area contributed by atoms with Gasteiger partial charge in [0.1, 0.15) is 0 Å². The van der Waals surface area contributed by atoms with E-state index in [1.54, 1.807) is 18.2 Å². The predicted octanol–water partition coefficient (Wildman–Crippen LogP) is 1.31. The van der Waals surface area contributed by atoms with Crippen molar-refractivity contribution in [3.05, 3.63) is 29.8 Å². The minimum atomic E-state index is -3.43. The predicted molar refractivity (Wildman–Crippen MR) is 100 cm³/mol. The largest absolute Gasteiger partial charge is 0.480 e. The smallest absolute Gasteiger partial charge is 0.317 e. The van der Waals surface area contributed by atoms with Crippen molar-refractivity contribution in [3.8, 4) is 0 Å². The number of nitrogens with zero attached hydrogens (tertiary/aromatic N) is 3. The molecule has 0 aliphatic carbocycles. The lowest BCUT2D eigenvalue weighted by atomic mass is 10.1. The van der Waals surface area contributed by atoms with Gasteiger partial charge in [-0.05, 0) is 57.1 Å². The summed E-state index contributed by atoms with van der Waals surface area (Å²) in [5.41, 5.74) is 0.977. The molecule has 1 N–H and O–H groups in total. The SMILES string of the molecule is CN(CC(=O)O)C1CCCN(Cc2cccc(S(=O)(=O)N(C)C)c2)CC1. The Morgan fingerprint density at radius 1 is 1.23 bits per heavy atom. The Hall–Kier alpha value is -1.48. The zero-order valence-electron chi connectivity index (χ0n) is 15.8. The second kappa shape index (κ2) is 8.94. The molecule has 1 aliphatic heterocycles. The lowest BCUT2D eigenvalue weighted by molar-refractivity contribution is -0.138. The fourth-order valence-electron chi connectivity index (χ4n) is 3.35. The van der Waals surface area contributed by atoms with E-state index in [1.807, 2.05) is 18.0 Å². The van der Waals surface area contributed by atoms with Gasteiger partial charge >= 0.3 is 5.97 Å². The Balaban J connectivity index is 2.00. The molecule has 146 valence electrons. The number of sulfonamides is 1. The second-order valence-electron chi connectivity index (χ2n) is 7.10. The van der Waals surface area contributed by atoms with E-state index in [0.29, 0.717) is 11.4 Å². The van der Waals surface area contributed by atoms with Crippen LogP contribution in [0, 0.1) is 0 Å². The first-order valence-corrected chi connectivity index (χ1v) is 10.3. The molecule has 1 fully saturated rings. The van der Waals surface area contributed by atoms with Crippen molar-refractivity contribution >= 4 is 16.0 Å². The molecule has 0 saturated carbocycles. The van der Waals surface area contributed by atoms with Crippen LogP contribution >= 0.6 is 0 Å². The maximum atomic E-state index is 12.3. The van der Waals surface area contributed by atoms with Crippen LogP contribution in [0.1, 0.15) is 24.8 Å². The van der Waals surface area contributed by atoms with E-state index in [2.05, 4.69) is 4.90 Å². The normalized spacial score (nSPS) is 19.7. The van der Waals surface area contributed by atoms with Crippen molar-refractivity contribution in [1.29, 1.82) is 0 Å². The van der Waals surface area contributed by atoms with E-state index in [9.17, 15) is 13.2 Å². The highest BCUT2D eigenvalue weighted by Crippen LogP contribution is 2.20. The first kappa shape index (κ1) is 20.8. The summed E-state index contributed by atoms with van der Waals surface area (Å²) in [4.78, 5) is 15.4. The zero-order valence-corrected chi connectivity index (χ0v) is 16.6. The standard InChI is InChI=1S/C18H29N3O4S/c1-19(2)26(24,25)17-8-4-6-15(12-17)13-21-10-5-7-16(9-11-21)20(3)14-18(22)23/h4,6,8,12,16H,5,7,9-11,13-14H2,1-3H3,(H,22,23). The van der Waals surface area contributed by atoms with Crippen LogP contribution in [0.3, 0.4) is 0 Å². The average molecular weight is 384 g/mol. The van der Waals surface area contributed by atoms with Crippen molar-refractivity contribution in [3.63, 3.8) is 0 Å². The number of likely N-dealkylation sites (tertiary alicyclic amines) is 1. The molecular weight excluding hydrogens is 354 g/mol. The molecule has 0 bridgehead atoms. The summed E-state index contributed by atoms with van der Waals surface area (Å²) in [7, 11) is 1.50. The minimum Gasteiger partial charge on any atom is -0.480 e. The van der Waals surface area contributed by atoms with Gasteiger partial charge in [-0.25, -0.2) is 12.7 Å². The number of carbonyl (C=O) groups is 1. The number of carboxylic acids is 1. The van der Waals surface area contributed by atoms with Gasteiger partial charge in [-0.1, -0.05) is 12.1 Å². The van der Waals surface area contributed by atoms with Gasteiger partial charge in [-0.15, -0.1) is 0 Å². The van der Waals surface area contributed by atoms with E-state index in [1.165, 1.54) is 18.4 Å². The lowest BCUT2D eigenvalue weighted by Gasteiger charge is -2.25. The fraction of sp³-hybridized carbons (Fsp3) is 0.611. The van der Waals surface area contributed by atoms with Gasteiger partial charge in [0, 0.05) is 26.7 Å². The third-order valence-corrected chi connectivity index (χ3v) is 6.69. The van der Waals surface area contributed by atoms with E-state index in [-0.39, 0.29) is 12.6 Å². The van der Waals surface area contributed by atoms with Crippen molar-refractivity contribution < 1.29 is 18.3 Å². The van der Waals surface area contributed by atoms with Crippen molar-refractivity contribution in [2.75, 3.05) is 40.8 Å². The van der Waals surface area contributed by atoms with Gasteiger partial charge in [0.2, 0.25) is 10.0 Å². The molecule has 1 unspecified atom stereocenters. The Labute approximate surface area is 156 Å². The first-order valence-electron chi connectivity index (χ1n) is 8.86. The molecule has 1 heterocycles. The maximum absolute atomic E-state index is 12.3. The molecule has 0 aromatic heterocycles. The molecule has 2 rings (SSSR count). The van der Waals surface area contributed by atoms with E-state index < -0.39 is 16.0 Å². The van der Waals surface area contributed by atoms with Crippen LogP contribution in [0.25, 0.3) is 0 Å². The maximum Gasteiger partial charge on any atom is 0.317 e. The number of likely N-dealkylation sites (N-methyl/N-ethyl adjacent to an activating group) is 1. The van der Waals surface area contributed by atoms with E-state index >= 15 is 0 Å². The molecule has 1 atom stereocenters. The molecule has 0 spiro atoms. The van der Waals surface area contributed by atoms with Crippen molar-refractivity contribution in [2.45, 2.75) is 36.7 Å². The Morgan fingerprint density at radius 2 is 1.96 bits per heavy atom. The highest BCUT2D eigenvalue weighted by Gasteiger charge is 2.22. The van der Waals surface area contributed by atoms with Gasteiger partial charge in [0.05, 0.1) is 11.4 Å². The number of hydrogen-bond acceptors (Lipinski definition) is 5. The number of benzene rings is 1. The van der Waals surface area contributed by atoms with Gasteiger partial charge in [-0.3, -0.25) is 14.6 Å². The number of rotatable bonds is 7. The second-order valence-corrected chi connectivity index (χ2v) is 9.26. The lowest BCUT2D eigenvalue weighted by Crippen LogP contribution is -2.36. The zero-order chi connectivity index (χ0) is 19.3. The molecule has 0 radical (unpaired) electrons. The third kappa shape index (κ3) is 5.51. The highest BCUT2D eigenvalue weighted by molar-refractivity contribution is 7.89. The quantitative estimate of drug-likeness (QED) is 0.765. The molecule has 8 heteroatoms. The van der Waals surface area contributed by atoms with E-state index in [0.717, 1.165) is 37.9 Å². The monoisotopic (exact) mass is 383 g/mol. The van der Waals surface area contributed by atoms with Gasteiger partial charge in [0.25, 0.3) is 0 Å². The fourth-order valence-corrected chi connectivity index (χ4v) is 4.33. The molecule has 1 saturated heterocycles.